The molecule has 48 heavy (non-hydrogen) atoms. The first-order valence-electron chi connectivity index (χ1n) is 16.1. The van der Waals surface area contributed by atoms with E-state index in [2.05, 4.69) is 140 Å². The van der Waals surface area contributed by atoms with E-state index in [0.717, 1.165) is 61.1 Å². The zero-order chi connectivity index (χ0) is 31.6. The van der Waals surface area contributed by atoms with Crippen molar-refractivity contribution in [3.05, 3.63) is 158 Å². The highest BCUT2D eigenvalue weighted by Crippen LogP contribution is 2.46. The number of hydrogen-bond donors (Lipinski definition) is 0. The van der Waals surface area contributed by atoms with Gasteiger partial charge in [0.25, 0.3) is 0 Å². The molecule has 0 saturated carbocycles. The smallest absolute Gasteiger partial charge is 0.161 e. The number of thiophene rings is 1. The van der Waals surface area contributed by atoms with Crippen LogP contribution in [0.3, 0.4) is 0 Å². The number of nitrogens with zero attached hydrogens (tertiary/aromatic N) is 2. The van der Waals surface area contributed by atoms with Crippen molar-refractivity contribution in [3.63, 3.8) is 0 Å². The Balaban J connectivity index is 1.32. The maximum Gasteiger partial charge on any atom is 0.161 e. The molecule has 0 bridgehead atoms. The van der Waals surface area contributed by atoms with Crippen molar-refractivity contribution in [3.8, 4) is 45.0 Å². The fourth-order valence-electron chi connectivity index (χ4n) is 7.04. The molecule has 7 aromatic carbocycles. The van der Waals surface area contributed by atoms with Crippen molar-refractivity contribution in [1.29, 1.82) is 0 Å². The van der Waals surface area contributed by atoms with Gasteiger partial charge in [-0.2, -0.15) is 0 Å². The van der Waals surface area contributed by atoms with E-state index >= 15 is 0 Å². The number of furan rings is 1. The van der Waals surface area contributed by atoms with Crippen molar-refractivity contribution < 1.29 is 4.42 Å². The van der Waals surface area contributed by atoms with Gasteiger partial charge in [0.1, 0.15) is 11.2 Å². The number of rotatable bonds is 4. The molecule has 10 rings (SSSR count). The summed E-state index contributed by atoms with van der Waals surface area (Å²) >= 11 is 1.83. The highest BCUT2D eigenvalue weighted by Gasteiger charge is 2.23. The summed E-state index contributed by atoms with van der Waals surface area (Å²) in [6, 6.07) is 55.4. The Morgan fingerprint density at radius 1 is 0.458 bits per heavy atom. The van der Waals surface area contributed by atoms with E-state index in [1.807, 2.05) is 29.5 Å². The van der Waals surface area contributed by atoms with Gasteiger partial charge in [-0.15, -0.1) is 11.3 Å². The minimum absolute atomic E-state index is 0.671. The van der Waals surface area contributed by atoms with Crippen LogP contribution in [0, 0.1) is 0 Å². The van der Waals surface area contributed by atoms with E-state index in [1.54, 1.807) is 0 Å². The van der Waals surface area contributed by atoms with Crippen LogP contribution in [0.15, 0.2) is 162 Å². The molecule has 0 aliphatic rings. The Kier molecular flexibility index (Phi) is 6.05. The number of hydrogen-bond acceptors (Lipinski definition) is 4. The maximum absolute atomic E-state index is 6.47. The molecule has 0 radical (unpaired) electrons. The van der Waals surface area contributed by atoms with Crippen molar-refractivity contribution >= 4 is 64.2 Å². The Morgan fingerprint density at radius 3 is 2.08 bits per heavy atom. The molecule has 0 aliphatic carbocycles. The first kappa shape index (κ1) is 27.1. The summed E-state index contributed by atoms with van der Waals surface area (Å²) in [5, 5.41) is 6.98. The second kappa shape index (κ2) is 10.7. The molecule has 0 amide bonds. The van der Waals surface area contributed by atoms with Gasteiger partial charge in [0.05, 0.1) is 11.4 Å². The first-order chi connectivity index (χ1) is 23.8. The van der Waals surface area contributed by atoms with Crippen LogP contribution in [-0.2, 0) is 0 Å². The predicted molar refractivity (Wildman–Crippen MR) is 201 cm³/mol. The number of benzene rings is 7. The van der Waals surface area contributed by atoms with Crippen LogP contribution in [0.25, 0.3) is 97.9 Å². The summed E-state index contributed by atoms with van der Waals surface area (Å²) in [4.78, 5) is 10.8. The lowest BCUT2D eigenvalue weighted by molar-refractivity contribution is 0.669. The average Bonchev–Trinajstić information content (AvgIpc) is 3.73. The van der Waals surface area contributed by atoms with E-state index in [4.69, 9.17) is 14.4 Å². The van der Waals surface area contributed by atoms with Crippen LogP contribution in [0.1, 0.15) is 0 Å². The molecule has 3 heterocycles. The van der Waals surface area contributed by atoms with Gasteiger partial charge >= 0.3 is 0 Å². The SMILES string of the molecule is c1ccc(-c2cc(-c3ccc4ccccc4c3)nc(-c3c(-c4cccc5c4sc4ccccc45)ccc4oc5ccccc5c34)n2)cc1. The van der Waals surface area contributed by atoms with Crippen molar-refractivity contribution in [2.45, 2.75) is 0 Å². The van der Waals surface area contributed by atoms with Gasteiger partial charge < -0.3 is 4.42 Å². The Hall–Kier alpha value is -6.10. The van der Waals surface area contributed by atoms with Gasteiger partial charge in [0.15, 0.2) is 5.82 Å². The van der Waals surface area contributed by atoms with E-state index in [9.17, 15) is 0 Å². The second-order valence-electron chi connectivity index (χ2n) is 12.1. The maximum atomic E-state index is 6.47. The lowest BCUT2D eigenvalue weighted by atomic mass is 9.93. The third-order valence-electron chi connectivity index (χ3n) is 9.30. The molecule has 0 aliphatic heterocycles. The topological polar surface area (TPSA) is 38.9 Å². The molecule has 224 valence electrons. The molecule has 0 unspecified atom stereocenters. The molecule has 0 N–H and O–H groups in total. The molecule has 0 spiro atoms. The van der Waals surface area contributed by atoms with Crippen LogP contribution < -0.4 is 0 Å². The van der Waals surface area contributed by atoms with Crippen LogP contribution >= 0.6 is 11.3 Å². The van der Waals surface area contributed by atoms with Crippen LogP contribution in [0.2, 0.25) is 0 Å². The normalized spacial score (nSPS) is 11.8. The fourth-order valence-corrected chi connectivity index (χ4v) is 8.28. The Morgan fingerprint density at radius 2 is 1.19 bits per heavy atom. The zero-order valence-electron chi connectivity index (χ0n) is 25.7. The summed E-state index contributed by atoms with van der Waals surface area (Å²) in [6.07, 6.45) is 0. The lowest BCUT2D eigenvalue weighted by Gasteiger charge is -2.15. The molecule has 0 fully saturated rings. The summed E-state index contributed by atoms with van der Waals surface area (Å²) in [7, 11) is 0. The number of fused-ring (bicyclic) bond motifs is 7. The first-order valence-corrected chi connectivity index (χ1v) is 16.9. The summed E-state index contributed by atoms with van der Waals surface area (Å²) in [5.41, 5.74) is 8.73. The van der Waals surface area contributed by atoms with E-state index in [1.165, 1.54) is 30.9 Å². The molecule has 3 aromatic heterocycles. The second-order valence-corrected chi connectivity index (χ2v) is 13.2. The van der Waals surface area contributed by atoms with Gasteiger partial charge in [-0.1, -0.05) is 121 Å². The zero-order valence-corrected chi connectivity index (χ0v) is 26.5. The van der Waals surface area contributed by atoms with E-state index < -0.39 is 0 Å². The van der Waals surface area contributed by atoms with Crippen LogP contribution in [0.4, 0.5) is 0 Å². The molecular weight excluding hydrogens is 605 g/mol. The van der Waals surface area contributed by atoms with Gasteiger partial charge in [-0.3, -0.25) is 0 Å². The van der Waals surface area contributed by atoms with Gasteiger partial charge in [0, 0.05) is 53.2 Å². The minimum Gasteiger partial charge on any atom is -0.456 e. The highest BCUT2D eigenvalue weighted by atomic mass is 32.1. The van der Waals surface area contributed by atoms with Crippen molar-refractivity contribution in [1.82, 2.24) is 9.97 Å². The Bertz CT molecular complexity index is 2850. The number of para-hydroxylation sites is 1. The van der Waals surface area contributed by atoms with Crippen LogP contribution in [-0.4, -0.2) is 9.97 Å². The van der Waals surface area contributed by atoms with Gasteiger partial charge in [-0.05, 0) is 52.7 Å². The Labute approximate surface area is 280 Å². The largest absolute Gasteiger partial charge is 0.456 e. The standard InChI is InChI=1S/C44H26N2OS/c1-2-12-28(13-3-1)36-26-37(30-22-21-27-11-4-5-14-29(27)25-30)46-44(45-36)42-32(23-24-39-41(42)35-16-6-8-19-38(35)47-39)34-18-10-17-33-31-15-7-9-20-40(31)48-43(33)34/h1-26H. The number of aromatic nitrogens is 2. The summed E-state index contributed by atoms with van der Waals surface area (Å²) < 4.78 is 8.99. The van der Waals surface area contributed by atoms with Crippen molar-refractivity contribution in [2.24, 2.45) is 0 Å². The molecule has 4 heteroatoms. The molecule has 3 nitrogen and oxygen atoms in total. The van der Waals surface area contributed by atoms with Crippen molar-refractivity contribution in [2.75, 3.05) is 0 Å². The van der Waals surface area contributed by atoms with Gasteiger partial charge in [0.2, 0.25) is 0 Å². The summed E-state index contributed by atoms with van der Waals surface area (Å²) in [6.45, 7) is 0. The quantitative estimate of drug-likeness (QED) is 0.194. The minimum atomic E-state index is 0.671. The third-order valence-corrected chi connectivity index (χ3v) is 10.5. The van der Waals surface area contributed by atoms with E-state index in [-0.39, 0.29) is 0 Å². The third kappa shape index (κ3) is 4.27. The highest BCUT2D eigenvalue weighted by molar-refractivity contribution is 7.26. The predicted octanol–water partition coefficient (Wildman–Crippen LogP) is 12.6. The van der Waals surface area contributed by atoms with Gasteiger partial charge in [-0.25, -0.2) is 9.97 Å². The summed E-state index contributed by atoms with van der Waals surface area (Å²) in [5.74, 6) is 0.671. The average molecular weight is 631 g/mol. The molecule has 0 atom stereocenters. The van der Waals surface area contributed by atoms with E-state index in [0.29, 0.717) is 5.82 Å². The molecular formula is C44H26N2OS. The lowest BCUT2D eigenvalue weighted by Crippen LogP contribution is -1.98. The molecule has 10 aromatic rings. The van der Waals surface area contributed by atoms with Crippen LogP contribution in [0.5, 0.6) is 0 Å². The monoisotopic (exact) mass is 630 g/mol. The fraction of sp³-hybridized carbons (Fsp3) is 0. The molecule has 0 saturated heterocycles.